The Balaban J connectivity index is 3.46. The fourth-order valence-corrected chi connectivity index (χ4v) is 1.19. The van der Waals surface area contributed by atoms with Crippen molar-refractivity contribution in [2.24, 2.45) is 0 Å². The molecule has 0 atom stereocenters. The number of phenolic OH excluding ortho intramolecular Hbond substituents is 1. The molecule has 1 N–H and O–H groups in total. The summed E-state index contributed by atoms with van der Waals surface area (Å²) in [4.78, 5) is 0. The first-order valence-corrected chi connectivity index (χ1v) is 3.80. The molecule has 0 heterocycles. The van der Waals surface area contributed by atoms with E-state index in [-0.39, 0.29) is 0 Å². The molecule has 0 aliphatic rings. The highest BCUT2D eigenvalue weighted by Gasteiger charge is 2.04. The highest BCUT2D eigenvalue weighted by molar-refractivity contribution is 5.46. The lowest BCUT2D eigenvalue weighted by Crippen LogP contribution is -1.90. The largest absolute Gasteiger partial charge is 0.508 e. The maximum Gasteiger partial charge on any atom is 0.119 e. The van der Waals surface area contributed by atoms with Crippen LogP contribution in [-0.2, 0) is 0 Å². The first-order chi connectivity index (χ1) is 5.04. The van der Waals surface area contributed by atoms with Gasteiger partial charge >= 0.3 is 0 Å². The smallest absolute Gasteiger partial charge is 0.119 e. The van der Waals surface area contributed by atoms with Crippen molar-refractivity contribution in [3.8, 4) is 5.75 Å². The molecule has 0 unspecified atom stereocenters. The van der Waals surface area contributed by atoms with Crippen molar-refractivity contribution in [1.82, 2.24) is 0 Å². The average molecular weight is 150 g/mol. The summed E-state index contributed by atoms with van der Waals surface area (Å²) in [6, 6.07) is 1.82. The predicted octanol–water partition coefficient (Wildman–Crippen LogP) is 2.63. The minimum atomic E-state index is 0.408. The van der Waals surface area contributed by atoms with Crippen LogP contribution >= 0.6 is 0 Å². The number of aryl methyl sites for hydroxylation is 1. The zero-order valence-corrected chi connectivity index (χ0v) is 7.52. The number of rotatable bonds is 0. The lowest BCUT2D eigenvalue weighted by Gasteiger charge is -2.09. The Morgan fingerprint density at radius 1 is 0.909 bits per heavy atom. The first kappa shape index (κ1) is 8.12. The highest BCUT2D eigenvalue weighted by atomic mass is 16.3. The van der Waals surface area contributed by atoms with Crippen molar-refractivity contribution in [2.75, 3.05) is 0 Å². The van der Waals surface area contributed by atoms with Crippen LogP contribution in [0.15, 0.2) is 6.07 Å². The summed E-state index contributed by atoms with van der Waals surface area (Å²) < 4.78 is 0. The molecule has 0 radical (unpaired) electrons. The van der Waals surface area contributed by atoms with Gasteiger partial charge in [-0.15, -0.1) is 0 Å². The number of benzene rings is 1. The molecule has 1 nitrogen and oxygen atoms in total. The monoisotopic (exact) mass is 150 g/mol. The summed E-state index contributed by atoms with van der Waals surface area (Å²) in [5.74, 6) is 0.408. The molecule has 60 valence electrons. The van der Waals surface area contributed by atoms with Gasteiger partial charge in [-0.3, -0.25) is 0 Å². The van der Waals surface area contributed by atoms with Gasteiger partial charge in [-0.05, 0) is 56.0 Å². The van der Waals surface area contributed by atoms with Gasteiger partial charge in [-0.2, -0.15) is 0 Å². The van der Waals surface area contributed by atoms with Gasteiger partial charge in [0.05, 0.1) is 0 Å². The van der Waals surface area contributed by atoms with Gasteiger partial charge in [0.25, 0.3) is 0 Å². The molecule has 1 rings (SSSR count). The van der Waals surface area contributed by atoms with Crippen molar-refractivity contribution in [1.29, 1.82) is 0 Å². The van der Waals surface area contributed by atoms with Crippen LogP contribution in [-0.4, -0.2) is 5.11 Å². The van der Waals surface area contributed by atoms with Crippen molar-refractivity contribution >= 4 is 0 Å². The van der Waals surface area contributed by atoms with E-state index in [4.69, 9.17) is 0 Å². The molecule has 0 aliphatic carbocycles. The van der Waals surface area contributed by atoms with E-state index in [2.05, 4.69) is 6.92 Å². The highest BCUT2D eigenvalue weighted by Crippen LogP contribution is 2.25. The van der Waals surface area contributed by atoms with E-state index in [1.165, 1.54) is 11.1 Å². The molecule has 0 bridgehead atoms. The van der Waals surface area contributed by atoms with Gasteiger partial charge in [-0.25, -0.2) is 0 Å². The predicted molar refractivity (Wildman–Crippen MR) is 47.1 cm³/mol. The van der Waals surface area contributed by atoms with E-state index in [1.807, 2.05) is 26.8 Å². The van der Waals surface area contributed by atoms with Crippen molar-refractivity contribution in [3.05, 3.63) is 28.3 Å². The summed E-state index contributed by atoms with van der Waals surface area (Å²) in [7, 11) is 0. The Hall–Kier alpha value is -0.980. The van der Waals surface area contributed by atoms with E-state index >= 15 is 0 Å². The summed E-state index contributed by atoms with van der Waals surface area (Å²) in [5.41, 5.74) is 4.63. The topological polar surface area (TPSA) is 20.2 Å². The normalized spacial score (nSPS) is 10.2. The van der Waals surface area contributed by atoms with Gasteiger partial charge in [-0.1, -0.05) is 0 Å². The van der Waals surface area contributed by atoms with Crippen LogP contribution in [0.1, 0.15) is 22.3 Å². The standard InChI is InChI=1S/C10H14O/c1-6-5-10(11)9(4)8(3)7(6)2/h5,11H,1-4H3. The summed E-state index contributed by atoms with van der Waals surface area (Å²) in [6.07, 6.45) is 0. The van der Waals surface area contributed by atoms with E-state index in [0.717, 1.165) is 11.1 Å². The van der Waals surface area contributed by atoms with Crippen molar-refractivity contribution in [2.45, 2.75) is 27.7 Å². The molecule has 1 heteroatoms. The third-order valence-corrected chi connectivity index (χ3v) is 2.45. The second kappa shape index (κ2) is 2.57. The first-order valence-electron chi connectivity index (χ1n) is 3.80. The van der Waals surface area contributed by atoms with Gasteiger partial charge in [0.15, 0.2) is 0 Å². The Morgan fingerprint density at radius 3 is 2.00 bits per heavy atom. The molecule has 1 aromatic carbocycles. The molecule has 0 amide bonds. The van der Waals surface area contributed by atoms with Crippen LogP contribution in [0.25, 0.3) is 0 Å². The third kappa shape index (κ3) is 1.23. The van der Waals surface area contributed by atoms with Gasteiger partial charge in [0.1, 0.15) is 5.75 Å². The lowest BCUT2D eigenvalue weighted by atomic mass is 9.99. The fraction of sp³-hybridized carbons (Fsp3) is 0.400. The SMILES string of the molecule is Cc1cc(O)c(C)c(C)c1C. The van der Waals surface area contributed by atoms with Gasteiger partial charge in [0, 0.05) is 0 Å². The molecular weight excluding hydrogens is 136 g/mol. The number of aromatic hydroxyl groups is 1. The molecule has 0 fully saturated rings. The second-order valence-corrected chi connectivity index (χ2v) is 3.09. The lowest BCUT2D eigenvalue weighted by molar-refractivity contribution is 0.470. The van der Waals surface area contributed by atoms with Gasteiger partial charge in [0.2, 0.25) is 0 Å². The van der Waals surface area contributed by atoms with Crippen LogP contribution in [0, 0.1) is 27.7 Å². The van der Waals surface area contributed by atoms with Crippen LogP contribution in [0.5, 0.6) is 5.75 Å². The zero-order chi connectivity index (χ0) is 8.59. The van der Waals surface area contributed by atoms with Crippen LogP contribution in [0.2, 0.25) is 0 Å². The average Bonchev–Trinajstić information content (AvgIpc) is 1.97. The van der Waals surface area contributed by atoms with E-state index in [1.54, 1.807) is 0 Å². The number of phenols is 1. The molecule has 0 spiro atoms. The Kier molecular flexibility index (Phi) is 1.90. The third-order valence-electron chi connectivity index (χ3n) is 2.45. The van der Waals surface area contributed by atoms with Crippen LogP contribution < -0.4 is 0 Å². The molecule has 1 aromatic rings. The maximum absolute atomic E-state index is 9.41. The fourth-order valence-electron chi connectivity index (χ4n) is 1.19. The second-order valence-electron chi connectivity index (χ2n) is 3.09. The van der Waals surface area contributed by atoms with E-state index in [0.29, 0.717) is 5.75 Å². The van der Waals surface area contributed by atoms with Crippen LogP contribution in [0.4, 0.5) is 0 Å². The zero-order valence-electron chi connectivity index (χ0n) is 7.52. The molecular formula is C10H14O. The Bertz CT molecular complexity index is 261. The number of hydrogen-bond donors (Lipinski definition) is 1. The Labute approximate surface area is 67.7 Å². The maximum atomic E-state index is 9.41. The molecule has 0 aliphatic heterocycles. The summed E-state index contributed by atoms with van der Waals surface area (Å²) in [6.45, 7) is 8.08. The minimum absolute atomic E-state index is 0.408. The quantitative estimate of drug-likeness (QED) is 0.602. The van der Waals surface area contributed by atoms with Crippen molar-refractivity contribution < 1.29 is 5.11 Å². The van der Waals surface area contributed by atoms with Crippen molar-refractivity contribution in [3.63, 3.8) is 0 Å². The van der Waals surface area contributed by atoms with Gasteiger partial charge < -0.3 is 5.11 Å². The van der Waals surface area contributed by atoms with E-state index in [9.17, 15) is 5.11 Å². The summed E-state index contributed by atoms with van der Waals surface area (Å²) in [5, 5.41) is 9.41. The Morgan fingerprint density at radius 2 is 1.45 bits per heavy atom. The minimum Gasteiger partial charge on any atom is -0.508 e. The molecule has 0 saturated carbocycles. The van der Waals surface area contributed by atoms with Crippen LogP contribution in [0.3, 0.4) is 0 Å². The number of hydrogen-bond acceptors (Lipinski definition) is 1. The molecule has 11 heavy (non-hydrogen) atoms. The summed E-state index contributed by atoms with van der Waals surface area (Å²) >= 11 is 0. The van der Waals surface area contributed by atoms with E-state index < -0.39 is 0 Å². The molecule has 0 saturated heterocycles. The molecule has 0 aromatic heterocycles.